The summed E-state index contributed by atoms with van der Waals surface area (Å²) in [5.74, 6) is 1.55. The van der Waals surface area contributed by atoms with Crippen LogP contribution in [0.15, 0.2) is 29.6 Å². The third kappa shape index (κ3) is 4.21. The molecule has 4 nitrogen and oxygen atoms in total. The number of likely N-dealkylation sites (N-methyl/N-ethyl adjacent to an activating group) is 1. The van der Waals surface area contributed by atoms with Crippen molar-refractivity contribution in [2.75, 3.05) is 27.3 Å². The highest BCUT2D eigenvalue weighted by molar-refractivity contribution is 7.09. The molecule has 5 heteroatoms. The highest BCUT2D eigenvalue weighted by atomic mass is 32.1. The number of methoxy groups -OCH3 is 1. The molecule has 0 spiro atoms. The van der Waals surface area contributed by atoms with Gasteiger partial charge in [-0.05, 0) is 26.1 Å². The van der Waals surface area contributed by atoms with Crippen LogP contribution in [0.4, 0.5) is 0 Å². The van der Waals surface area contributed by atoms with E-state index in [-0.39, 0.29) is 0 Å². The number of hydrogen-bond donors (Lipinski definition) is 0. The number of hydrogen-bond acceptors (Lipinski definition) is 5. The summed E-state index contributed by atoms with van der Waals surface area (Å²) in [6.07, 6.45) is 0. The molecule has 0 aliphatic carbocycles. The molecule has 0 saturated carbocycles. The van der Waals surface area contributed by atoms with Gasteiger partial charge in [-0.25, -0.2) is 4.98 Å². The monoisotopic (exact) mass is 292 g/mol. The second kappa shape index (κ2) is 7.26. The molecule has 0 aliphatic rings. The Morgan fingerprint density at radius 3 is 2.65 bits per heavy atom. The van der Waals surface area contributed by atoms with Crippen LogP contribution in [0.1, 0.15) is 10.7 Å². The molecule has 108 valence electrons. The van der Waals surface area contributed by atoms with Crippen LogP contribution in [0.3, 0.4) is 0 Å². The topological polar surface area (TPSA) is 34.6 Å². The molecule has 2 aromatic rings. The average molecular weight is 292 g/mol. The third-order valence-electron chi connectivity index (χ3n) is 2.90. The minimum Gasteiger partial charge on any atom is -0.493 e. The van der Waals surface area contributed by atoms with Gasteiger partial charge in [0.15, 0.2) is 11.5 Å². The van der Waals surface area contributed by atoms with Gasteiger partial charge in [0.2, 0.25) is 0 Å². The fourth-order valence-corrected chi connectivity index (χ4v) is 2.49. The molecule has 0 radical (unpaired) electrons. The Labute approximate surface area is 124 Å². The number of aromatic nitrogens is 1. The Hall–Kier alpha value is -1.59. The van der Waals surface area contributed by atoms with Crippen molar-refractivity contribution >= 4 is 11.3 Å². The van der Waals surface area contributed by atoms with Crippen molar-refractivity contribution in [2.24, 2.45) is 0 Å². The second-order valence-electron chi connectivity index (χ2n) is 4.59. The number of para-hydroxylation sites is 2. The zero-order valence-electron chi connectivity index (χ0n) is 12.1. The molecule has 0 amide bonds. The predicted octanol–water partition coefficient (Wildman–Crippen LogP) is 2.97. The third-order valence-corrected chi connectivity index (χ3v) is 3.72. The van der Waals surface area contributed by atoms with Crippen LogP contribution in [0.5, 0.6) is 11.5 Å². The van der Waals surface area contributed by atoms with Crippen LogP contribution in [0, 0.1) is 6.92 Å². The summed E-state index contributed by atoms with van der Waals surface area (Å²) in [5.41, 5.74) is 1.12. The molecule has 0 saturated heterocycles. The van der Waals surface area contributed by atoms with Crippen molar-refractivity contribution in [3.8, 4) is 11.5 Å². The SMILES string of the molecule is COc1ccccc1OCCN(C)Cc1csc(C)n1. The van der Waals surface area contributed by atoms with Gasteiger partial charge in [0.1, 0.15) is 6.61 Å². The lowest BCUT2D eigenvalue weighted by Crippen LogP contribution is -2.24. The maximum absolute atomic E-state index is 5.76. The zero-order chi connectivity index (χ0) is 14.4. The van der Waals surface area contributed by atoms with Crippen LogP contribution in [0.2, 0.25) is 0 Å². The van der Waals surface area contributed by atoms with Crippen LogP contribution >= 0.6 is 11.3 Å². The largest absolute Gasteiger partial charge is 0.493 e. The minimum absolute atomic E-state index is 0.625. The van der Waals surface area contributed by atoms with E-state index < -0.39 is 0 Å². The summed E-state index contributed by atoms with van der Waals surface area (Å²) in [6.45, 7) is 4.34. The van der Waals surface area contributed by atoms with E-state index in [0.717, 1.165) is 35.3 Å². The molecule has 0 N–H and O–H groups in total. The summed E-state index contributed by atoms with van der Waals surface area (Å²) >= 11 is 1.69. The highest BCUT2D eigenvalue weighted by Gasteiger charge is 2.06. The summed E-state index contributed by atoms with van der Waals surface area (Å²) in [4.78, 5) is 6.66. The van der Waals surface area contributed by atoms with Gasteiger partial charge < -0.3 is 9.47 Å². The molecule has 20 heavy (non-hydrogen) atoms. The lowest BCUT2D eigenvalue weighted by molar-refractivity contribution is 0.225. The van der Waals surface area contributed by atoms with Gasteiger partial charge in [-0.15, -0.1) is 11.3 Å². The standard InChI is InChI=1S/C15H20N2O2S/c1-12-16-13(11-20-12)10-17(2)8-9-19-15-7-5-4-6-14(15)18-3/h4-7,11H,8-10H2,1-3H3. The van der Waals surface area contributed by atoms with E-state index in [1.165, 1.54) is 0 Å². The van der Waals surface area contributed by atoms with Crippen LogP contribution < -0.4 is 9.47 Å². The van der Waals surface area contributed by atoms with E-state index in [0.29, 0.717) is 6.61 Å². The molecule has 0 unspecified atom stereocenters. The first kappa shape index (κ1) is 14.8. The van der Waals surface area contributed by atoms with Gasteiger partial charge in [-0.1, -0.05) is 12.1 Å². The first-order chi connectivity index (χ1) is 9.69. The normalized spacial score (nSPS) is 10.8. The van der Waals surface area contributed by atoms with Gasteiger partial charge in [0.05, 0.1) is 17.8 Å². The Bertz CT molecular complexity index is 542. The first-order valence-electron chi connectivity index (χ1n) is 6.54. The van der Waals surface area contributed by atoms with Crippen molar-refractivity contribution in [1.82, 2.24) is 9.88 Å². The molecule has 2 rings (SSSR count). The zero-order valence-corrected chi connectivity index (χ0v) is 12.9. The van der Waals surface area contributed by atoms with Gasteiger partial charge in [-0.3, -0.25) is 4.90 Å². The van der Waals surface area contributed by atoms with E-state index in [1.54, 1.807) is 18.4 Å². The Kier molecular flexibility index (Phi) is 5.38. The van der Waals surface area contributed by atoms with Gasteiger partial charge >= 0.3 is 0 Å². The summed E-state index contributed by atoms with van der Waals surface area (Å²) in [5, 5.41) is 3.21. The van der Waals surface area contributed by atoms with E-state index in [9.17, 15) is 0 Å². The molecule has 1 aromatic heterocycles. The van der Waals surface area contributed by atoms with Crippen LogP contribution in [-0.2, 0) is 6.54 Å². The van der Waals surface area contributed by atoms with Crippen molar-refractivity contribution < 1.29 is 9.47 Å². The number of thiazole rings is 1. The van der Waals surface area contributed by atoms with Crippen molar-refractivity contribution in [1.29, 1.82) is 0 Å². The lowest BCUT2D eigenvalue weighted by Gasteiger charge is -2.16. The van der Waals surface area contributed by atoms with Gasteiger partial charge in [-0.2, -0.15) is 0 Å². The summed E-state index contributed by atoms with van der Waals surface area (Å²) < 4.78 is 11.0. The van der Waals surface area contributed by atoms with E-state index in [4.69, 9.17) is 9.47 Å². The van der Waals surface area contributed by atoms with Gasteiger partial charge in [0.25, 0.3) is 0 Å². The van der Waals surface area contributed by atoms with Crippen molar-refractivity contribution in [3.63, 3.8) is 0 Å². The quantitative estimate of drug-likeness (QED) is 0.786. The van der Waals surface area contributed by atoms with E-state index >= 15 is 0 Å². The molecule has 0 bridgehead atoms. The van der Waals surface area contributed by atoms with Crippen LogP contribution in [-0.4, -0.2) is 37.2 Å². The second-order valence-corrected chi connectivity index (χ2v) is 5.66. The number of rotatable bonds is 7. The smallest absolute Gasteiger partial charge is 0.161 e. The predicted molar refractivity (Wildman–Crippen MR) is 81.7 cm³/mol. The maximum Gasteiger partial charge on any atom is 0.161 e. The lowest BCUT2D eigenvalue weighted by atomic mass is 10.3. The average Bonchev–Trinajstić information content (AvgIpc) is 2.84. The first-order valence-corrected chi connectivity index (χ1v) is 7.42. The van der Waals surface area contributed by atoms with E-state index in [1.807, 2.05) is 31.2 Å². The minimum atomic E-state index is 0.625. The Balaban J connectivity index is 1.77. The molecule has 1 aromatic carbocycles. The number of nitrogens with zero attached hydrogens (tertiary/aromatic N) is 2. The van der Waals surface area contributed by atoms with E-state index in [2.05, 4.69) is 22.3 Å². The molecule has 1 heterocycles. The maximum atomic E-state index is 5.76. The summed E-state index contributed by atoms with van der Waals surface area (Å²) in [6, 6.07) is 7.70. The van der Waals surface area contributed by atoms with Crippen LogP contribution in [0.25, 0.3) is 0 Å². The molecule has 0 atom stereocenters. The number of ether oxygens (including phenoxy) is 2. The molecule has 0 fully saturated rings. The van der Waals surface area contributed by atoms with Crippen molar-refractivity contribution in [3.05, 3.63) is 40.3 Å². The summed E-state index contributed by atoms with van der Waals surface area (Å²) in [7, 11) is 3.72. The molecule has 0 aliphatic heterocycles. The molecular weight excluding hydrogens is 272 g/mol. The number of benzene rings is 1. The number of aryl methyl sites for hydroxylation is 1. The Morgan fingerprint density at radius 2 is 2.00 bits per heavy atom. The van der Waals surface area contributed by atoms with Crippen molar-refractivity contribution in [2.45, 2.75) is 13.5 Å². The fourth-order valence-electron chi connectivity index (χ4n) is 1.89. The molecular formula is C15H20N2O2S. The Morgan fingerprint density at radius 1 is 1.25 bits per heavy atom. The van der Waals surface area contributed by atoms with Gasteiger partial charge in [0, 0.05) is 18.5 Å². The highest BCUT2D eigenvalue weighted by Crippen LogP contribution is 2.25. The fraction of sp³-hybridized carbons (Fsp3) is 0.400.